The van der Waals surface area contributed by atoms with Crippen molar-refractivity contribution in [1.82, 2.24) is 0 Å². The van der Waals surface area contributed by atoms with Crippen molar-refractivity contribution in [2.24, 2.45) is 0 Å². The summed E-state index contributed by atoms with van der Waals surface area (Å²) in [5.41, 5.74) is 3.53. The van der Waals surface area contributed by atoms with Gasteiger partial charge in [-0.3, -0.25) is 9.59 Å². The maximum absolute atomic E-state index is 12.9. The van der Waals surface area contributed by atoms with Crippen molar-refractivity contribution in [1.29, 1.82) is 0 Å². The van der Waals surface area contributed by atoms with Crippen LogP contribution in [-0.2, 0) is 22.4 Å². The van der Waals surface area contributed by atoms with E-state index in [-0.39, 0.29) is 18.7 Å². The zero-order valence-corrected chi connectivity index (χ0v) is 15.5. The molecule has 2 aromatic carbocycles. The zero-order valence-electron chi connectivity index (χ0n) is 15.5. The Kier molecular flexibility index (Phi) is 7.11. The normalized spacial score (nSPS) is 10.3. The number of aliphatic carboxylic acids is 1. The minimum absolute atomic E-state index is 0.211. The minimum Gasteiger partial charge on any atom is -0.550 e. The maximum atomic E-state index is 12.9. The number of anilines is 2. The molecule has 0 fully saturated rings. The number of hydrogen-bond acceptors (Lipinski definition) is 4. The second kappa shape index (κ2) is 9.52. The van der Waals surface area contributed by atoms with E-state index < -0.39 is 11.9 Å². The summed E-state index contributed by atoms with van der Waals surface area (Å²) in [5, 5.41) is 16.1. The van der Waals surface area contributed by atoms with Gasteiger partial charge in [-0.1, -0.05) is 44.2 Å². The van der Waals surface area contributed by atoms with Gasteiger partial charge >= 0.3 is 0 Å². The van der Waals surface area contributed by atoms with Crippen molar-refractivity contribution < 1.29 is 19.5 Å². The van der Waals surface area contributed by atoms with E-state index in [1.54, 1.807) is 24.3 Å². The summed E-state index contributed by atoms with van der Waals surface area (Å²) < 4.78 is 0. The van der Waals surface area contributed by atoms with Crippen LogP contribution in [0.1, 0.15) is 48.2 Å². The number of carboxylic acids is 1. The highest BCUT2D eigenvalue weighted by atomic mass is 16.4. The number of hydrogen-bond donors (Lipinski definition) is 2. The molecule has 27 heavy (non-hydrogen) atoms. The Balaban J connectivity index is 2.23. The van der Waals surface area contributed by atoms with Gasteiger partial charge in [-0.05, 0) is 42.5 Å². The van der Waals surface area contributed by atoms with Crippen molar-refractivity contribution in [2.75, 3.05) is 10.6 Å². The SMILES string of the molecule is CCc1cccc(CC)c1NC(=O)c1ccccc1NC(=O)CCC(=O)[O-]. The number of benzene rings is 2. The number of carbonyl (C=O) groups is 3. The van der Waals surface area contributed by atoms with Crippen LogP contribution in [-0.4, -0.2) is 17.8 Å². The van der Waals surface area contributed by atoms with Crippen LogP contribution in [0.4, 0.5) is 11.4 Å². The van der Waals surface area contributed by atoms with Crippen LogP contribution >= 0.6 is 0 Å². The number of nitrogens with one attached hydrogen (secondary N) is 2. The molecule has 0 aliphatic rings. The Labute approximate surface area is 158 Å². The van der Waals surface area contributed by atoms with Crippen molar-refractivity contribution in [3.05, 3.63) is 59.2 Å². The molecule has 0 aliphatic carbocycles. The van der Waals surface area contributed by atoms with Gasteiger partial charge in [-0.25, -0.2) is 0 Å². The first kappa shape index (κ1) is 20.2. The zero-order chi connectivity index (χ0) is 19.8. The molecule has 0 radical (unpaired) electrons. The number of amides is 2. The summed E-state index contributed by atoms with van der Waals surface area (Å²) >= 11 is 0. The Morgan fingerprint density at radius 1 is 0.852 bits per heavy atom. The molecule has 2 amide bonds. The van der Waals surface area contributed by atoms with Gasteiger partial charge in [0, 0.05) is 18.1 Å². The third kappa shape index (κ3) is 5.41. The first-order chi connectivity index (χ1) is 13.0. The Morgan fingerprint density at radius 2 is 1.48 bits per heavy atom. The third-order valence-corrected chi connectivity index (χ3v) is 4.24. The molecule has 0 aliphatic heterocycles. The molecule has 0 spiro atoms. The molecule has 0 bridgehead atoms. The average Bonchev–Trinajstić information content (AvgIpc) is 2.66. The molecule has 0 saturated heterocycles. The molecule has 0 saturated carbocycles. The van der Waals surface area contributed by atoms with E-state index in [0.717, 1.165) is 29.7 Å². The van der Waals surface area contributed by atoms with Gasteiger partial charge in [0.05, 0.1) is 11.3 Å². The highest BCUT2D eigenvalue weighted by Gasteiger charge is 2.16. The molecule has 0 atom stereocenters. The molecule has 2 N–H and O–H groups in total. The Bertz CT molecular complexity index is 824. The molecule has 0 unspecified atom stereocenters. The first-order valence-electron chi connectivity index (χ1n) is 8.97. The lowest BCUT2D eigenvalue weighted by atomic mass is 10.0. The minimum atomic E-state index is -1.29. The highest BCUT2D eigenvalue weighted by Crippen LogP contribution is 2.25. The molecule has 6 heteroatoms. The predicted octanol–water partition coefficient (Wildman–Crippen LogP) is 2.53. The van der Waals surface area contributed by atoms with E-state index in [4.69, 9.17) is 0 Å². The fourth-order valence-corrected chi connectivity index (χ4v) is 2.80. The maximum Gasteiger partial charge on any atom is 0.257 e. The van der Waals surface area contributed by atoms with Crippen LogP contribution in [0.5, 0.6) is 0 Å². The highest BCUT2D eigenvalue weighted by molar-refractivity contribution is 6.10. The molecule has 142 valence electrons. The summed E-state index contributed by atoms with van der Waals surface area (Å²) in [6, 6.07) is 12.5. The largest absolute Gasteiger partial charge is 0.550 e. The summed E-state index contributed by atoms with van der Waals surface area (Å²) in [5.74, 6) is -2.11. The number of carboxylic acid groups (broad SMARTS) is 1. The van der Waals surface area contributed by atoms with Crippen molar-refractivity contribution in [3.63, 3.8) is 0 Å². The number of rotatable bonds is 8. The smallest absolute Gasteiger partial charge is 0.257 e. The lowest BCUT2D eigenvalue weighted by Crippen LogP contribution is -2.25. The Morgan fingerprint density at radius 3 is 2.07 bits per heavy atom. The van der Waals surface area contributed by atoms with Gasteiger partial charge in [0.1, 0.15) is 0 Å². The van der Waals surface area contributed by atoms with E-state index in [9.17, 15) is 19.5 Å². The summed E-state index contributed by atoms with van der Waals surface area (Å²) in [4.78, 5) is 35.3. The van der Waals surface area contributed by atoms with Gasteiger partial charge < -0.3 is 20.5 Å². The van der Waals surface area contributed by atoms with Crippen molar-refractivity contribution in [3.8, 4) is 0 Å². The molecule has 6 nitrogen and oxygen atoms in total. The van der Waals surface area contributed by atoms with Crippen molar-refractivity contribution >= 4 is 29.2 Å². The fourth-order valence-electron chi connectivity index (χ4n) is 2.80. The van der Waals surface area contributed by atoms with E-state index >= 15 is 0 Å². The van der Waals surface area contributed by atoms with Gasteiger partial charge in [0.2, 0.25) is 5.91 Å². The van der Waals surface area contributed by atoms with Crippen LogP contribution in [0.25, 0.3) is 0 Å². The quantitative estimate of drug-likeness (QED) is 0.749. The number of carbonyl (C=O) groups excluding carboxylic acids is 3. The van der Waals surface area contributed by atoms with Crippen molar-refractivity contribution in [2.45, 2.75) is 39.5 Å². The van der Waals surface area contributed by atoms with Crippen LogP contribution in [0.2, 0.25) is 0 Å². The monoisotopic (exact) mass is 367 g/mol. The van der Waals surface area contributed by atoms with Crippen LogP contribution < -0.4 is 15.7 Å². The lowest BCUT2D eigenvalue weighted by molar-refractivity contribution is -0.305. The molecular formula is C21H23N2O4-. The second-order valence-electron chi connectivity index (χ2n) is 6.08. The summed E-state index contributed by atoms with van der Waals surface area (Å²) in [6.45, 7) is 4.05. The van der Waals surface area contributed by atoms with E-state index in [1.807, 2.05) is 32.0 Å². The van der Waals surface area contributed by atoms with Gasteiger partial charge in [0.15, 0.2) is 0 Å². The van der Waals surface area contributed by atoms with E-state index in [1.165, 1.54) is 0 Å². The lowest BCUT2D eigenvalue weighted by Gasteiger charge is -2.16. The third-order valence-electron chi connectivity index (χ3n) is 4.24. The molecule has 2 rings (SSSR count). The predicted molar refractivity (Wildman–Crippen MR) is 102 cm³/mol. The standard InChI is InChI=1S/C21H24N2O4/c1-3-14-8-7-9-15(4-2)20(14)23-21(27)16-10-5-6-11-17(16)22-18(24)12-13-19(25)26/h5-11H,3-4,12-13H2,1-2H3,(H,22,24)(H,23,27)(H,25,26)/p-1. The Hall–Kier alpha value is -3.15. The molecule has 0 aromatic heterocycles. The average molecular weight is 367 g/mol. The summed E-state index contributed by atoms with van der Waals surface area (Å²) in [7, 11) is 0. The molecule has 2 aromatic rings. The van der Waals surface area contributed by atoms with Crippen LogP contribution in [0.15, 0.2) is 42.5 Å². The van der Waals surface area contributed by atoms with Gasteiger partial charge in [0.25, 0.3) is 5.91 Å². The topological polar surface area (TPSA) is 98.3 Å². The van der Waals surface area contributed by atoms with Gasteiger partial charge in [-0.2, -0.15) is 0 Å². The first-order valence-corrected chi connectivity index (χ1v) is 8.97. The fraction of sp³-hybridized carbons (Fsp3) is 0.286. The van der Waals surface area contributed by atoms with Crippen LogP contribution in [0.3, 0.4) is 0 Å². The molecular weight excluding hydrogens is 344 g/mol. The van der Waals surface area contributed by atoms with Crippen LogP contribution in [0, 0.1) is 0 Å². The van der Waals surface area contributed by atoms with E-state index in [0.29, 0.717) is 11.3 Å². The number of aryl methyl sites for hydroxylation is 2. The summed E-state index contributed by atoms with van der Waals surface area (Å²) in [6.07, 6.45) is 0.983. The van der Waals surface area contributed by atoms with E-state index in [2.05, 4.69) is 10.6 Å². The van der Waals surface area contributed by atoms with Gasteiger partial charge in [-0.15, -0.1) is 0 Å². The second-order valence-corrected chi connectivity index (χ2v) is 6.08. The molecule has 0 heterocycles. The number of para-hydroxylation sites is 2.